The SMILES string of the molecule is Cc1cccc(CNc2ncnc(Cl)c2Br)c1. The van der Waals surface area contributed by atoms with E-state index in [0.717, 1.165) is 0 Å². The largest absolute Gasteiger partial charge is 0.365 e. The number of hydrogen-bond donors (Lipinski definition) is 1. The van der Waals surface area contributed by atoms with Gasteiger partial charge in [-0.1, -0.05) is 41.4 Å². The van der Waals surface area contributed by atoms with Crippen LogP contribution < -0.4 is 5.32 Å². The predicted octanol–water partition coefficient (Wildman–Crippen LogP) is 3.81. The minimum atomic E-state index is 0.409. The molecule has 0 saturated heterocycles. The molecule has 0 spiro atoms. The van der Waals surface area contributed by atoms with Crippen molar-refractivity contribution in [2.75, 3.05) is 5.32 Å². The molecule has 0 saturated carbocycles. The van der Waals surface area contributed by atoms with Gasteiger partial charge in [-0.05, 0) is 28.4 Å². The van der Waals surface area contributed by atoms with Crippen LogP contribution in [0.3, 0.4) is 0 Å². The molecule has 3 nitrogen and oxygen atoms in total. The fraction of sp³-hybridized carbons (Fsp3) is 0.167. The number of nitrogens with zero attached hydrogens (tertiary/aromatic N) is 2. The van der Waals surface area contributed by atoms with Gasteiger partial charge in [0, 0.05) is 6.54 Å². The maximum absolute atomic E-state index is 5.88. The molecular formula is C12H11BrClN3. The standard InChI is InChI=1S/C12H11BrClN3/c1-8-3-2-4-9(5-8)6-15-12-10(13)11(14)16-7-17-12/h2-5,7H,6H2,1H3,(H,15,16,17). The van der Waals surface area contributed by atoms with Crippen LogP contribution in [0.2, 0.25) is 5.15 Å². The van der Waals surface area contributed by atoms with Crippen LogP contribution in [-0.2, 0) is 6.54 Å². The number of halogens is 2. The molecule has 0 aliphatic heterocycles. The van der Waals surface area contributed by atoms with Crippen molar-refractivity contribution in [3.05, 3.63) is 51.3 Å². The van der Waals surface area contributed by atoms with Crippen molar-refractivity contribution in [2.45, 2.75) is 13.5 Å². The molecule has 0 unspecified atom stereocenters. The summed E-state index contributed by atoms with van der Waals surface area (Å²) in [5.74, 6) is 0.700. The molecule has 17 heavy (non-hydrogen) atoms. The molecule has 1 heterocycles. The second-order valence-electron chi connectivity index (χ2n) is 3.67. The topological polar surface area (TPSA) is 37.8 Å². The number of aryl methyl sites for hydroxylation is 1. The second-order valence-corrected chi connectivity index (χ2v) is 4.82. The first-order chi connectivity index (χ1) is 8.16. The van der Waals surface area contributed by atoms with Crippen LogP contribution in [0.25, 0.3) is 0 Å². The Morgan fingerprint density at radius 2 is 2.18 bits per heavy atom. The van der Waals surface area contributed by atoms with Gasteiger partial charge in [-0.3, -0.25) is 0 Å². The van der Waals surface area contributed by atoms with Crippen LogP contribution in [0.5, 0.6) is 0 Å². The fourth-order valence-electron chi connectivity index (χ4n) is 1.48. The number of hydrogen-bond acceptors (Lipinski definition) is 3. The number of nitrogens with one attached hydrogen (secondary N) is 1. The van der Waals surface area contributed by atoms with Gasteiger partial charge in [0.25, 0.3) is 0 Å². The fourth-order valence-corrected chi connectivity index (χ4v) is 1.96. The zero-order valence-corrected chi connectivity index (χ0v) is 11.6. The van der Waals surface area contributed by atoms with Gasteiger partial charge in [0.2, 0.25) is 0 Å². The average molecular weight is 313 g/mol. The zero-order chi connectivity index (χ0) is 12.3. The lowest BCUT2D eigenvalue weighted by atomic mass is 10.1. The predicted molar refractivity (Wildman–Crippen MR) is 73.2 cm³/mol. The average Bonchev–Trinajstić information content (AvgIpc) is 2.31. The van der Waals surface area contributed by atoms with E-state index in [1.165, 1.54) is 17.5 Å². The highest BCUT2D eigenvalue weighted by Gasteiger charge is 2.05. The van der Waals surface area contributed by atoms with Crippen LogP contribution in [0, 0.1) is 6.92 Å². The van der Waals surface area contributed by atoms with Gasteiger partial charge in [0.15, 0.2) is 0 Å². The Kier molecular flexibility index (Phi) is 3.97. The van der Waals surface area contributed by atoms with E-state index < -0.39 is 0 Å². The minimum absolute atomic E-state index is 0.409. The van der Waals surface area contributed by atoms with Gasteiger partial charge < -0.3 is 5.32 Å². The molecule has 0 radical (unpaired) electrons. The van der Waals surface area contributed by atoms with Crippen molar-refractivity contribution in [1.29, 1.82) is 0 Å². The number of rotatable bonds is 3. The molecule has 1 aromatic carbocycles. The van der Waals surface area contributed by atoms with E-state index in [-0.39, 0.29) is 0 Å². The van der Waals surface area contributed by atoms with Crippen molar-refractivity contribution in [2.24, 2.45) is 0 Å². The van der Waals surface area contributed by atoms with E-state index in [1.54, 1.807) is 0 Å². The van der Waals surface area contributed by atoms with Crippen LogP contribution >= 0.6 is 27.5 Å². The van der Waals surface area contributed by atoms with E-state index in [1.807, 2.05) is 6.07 Å². The number of anilines is 1. The van der Waals surface area contributed by atoms with Gasteiger partial charge in [0.05, 0.1) is 4.47 Å². The summed E-state index contributed by atoms with van der Waals surface area (Å²) < 4.78 is 0.689. The van der Waals surface area contributed by atoms with E-state index in [2.05, 4.69) is 56.3 Å². The monoisotopic (exact) mass is 311 g/mol. The number of aromatic nitrogens is 2. The molecular weight excluding hydrogens is 302 g/mol. The molecule has 2 rings (SSSR count). The highest BCUT2D eigenvalue weighted by Crippen LogP contribution is 2.26. The van der Waals surface area contributed by atoms with E-state index in [0.29, 0.717) is 22.0 Å². The van der Waals surface area contributed by atoms with Crippen molar-refractivity contribution in [3.8, 4) is 0 Å². The smallest absolute Gasteiger partial charge is 0.148 e. The maximum Gasteiger partial charge on any atom is 0.148 e. The Hall–Kier alpha value is -1.13. The summed E-state index contributed by atoms with van der Waals surface area (Å²) in [6, 6.07) is 8.30. The summed E-state index contributed by atoms with van der Waals surface area (Å²) in [7, 11) is 0. The molecule has 1 aromatic heterocycles. The Labute approximate surface area is 113 Å². The van der Waals surface area contributed by atoms with Gasteiger partial charge >= 0.3 is 0 Å². The first-order valence-electron chi connectivity index (χ1n) is 5.12. The lowest BCUT2D eigenvalue weighted by molar-refractivity contribution is 1.07. The second kappa shape index (κ2) is 5.47. The quantitative estimate of drug-likeness (QED) is 0.876. The molecule has 0 fully saturated rings. The molecule has 0 aliphatic carbocycles. The Bertz CT molecular complexity index is 531. The van der Waals surface area contributed by atoms with Gasteiger partial charge in [-0.15, -0.1) is 0 Å². The van der Waals surface area contributed by atoms with Crippen LogP contribution in [0.15, 0.2) is 35.1 Å². The Balaban J connectivity index is 2.10. The molecule has 1 N–H and O–H groups in total. The third-order valence-electron chi connectivity index (χ3n) is 2.29. The van der Waals surface area contributed by atoms with Crippen LogP contribution in [-0.4, -0.2) is 9.97 Å². The van der Waals surface area contributed by atoms with Crippen molar-refractivity contribution in [3.63, 3.8) is 0 Å². The summed E-state index contributed by atoms with van der Waals surface area (Å²) in [5, 5.41) is 3.62. The first kappa shape index (κ1) is 12.3. The Morgan fingerprint density at radius 1 is 1.35 bits per heavy atom. The first-order valence-corrected chi connectivity index (χ1v) is 6.29. The minimum Gasteiger partial charge on any atom is -0.365 e. The van der Waals surface area contributed by atoms with Gasteiger partial charge in [-0.25, -0.2) is 9.97 Å². The molecule has 88 valence electrons. The highest BCUT2D eigenvalue weighted by molar-refractivity contribution is 9.10. The molecule has 0 atom stereocenters. The molecule has 2 aromatic rings. The summed E-state index contributed by atoms with van der Waals surface area (Å²) in [6.45, 7) is 2.77. The normalized spacial score (nSPS) is 10.3. The van der Waals surface area contributed by atoms with Crippen molar-refractivity contribution >= 4 is 33.3 Å². The molecule has 0 aliphatic rings. The van der Waals surface area contributed by atoms with Gasteiger partial charge in [0.1, 0.15) is 17.3 Å². The summed E-state index contributed by atoms with van der Waals surface area (Å²) in [6.07, 6.45) is 1.44. The van der Waals surface area contributed by atoms with E-state index >= 15 is 0 Å². The Morgan fingerprint density at radius 3 is 2.94 bits per heavy atom. The third-order valence-corrected chi connectivity index (χ3v) is 3.56. The lowest BCUT2D eigenvalue weighted by Crippen LogP contribution is -2.03. The van der Waals surface area contributed by atoms with E-state index in [4.69, 9.17) is 11.6 Å². The van der Waals surface area contributed by atoms with Crippen LogP contribution in [0.4, 0.5) is 5.82 Å². The number of benzene rings is 1. The van der Waals surface area contributed by atoms with Gasteiger partial charge in [-0.2, -0.15) is 0 Å². The van der Waals surface area contributed by atoms with Crippen LogP contribution in [0.1, 0.15) is 11.1 Å². The maximum atomic E-state index is 5.88. The molecule has 5 heteroatoms. The lowest BCUT2D eigenvalue weighted by Gasteiger charge is -2.08. The summed E-state index contributed by atoms with van der Waals surface area (Å²) in [5.41, 5.74) is 2.44. The molecule has 0 bridgehead atoms. The van der Waals surface area contributed by atoms with E-state index in [9.17, 15) is 0 Å². The van der Waals surface area contributed by atoms with Crippen molar-refractivity contribution in [1.82, 2.24) is 9.97 Å². The zero-order valence-electron chi connectivity index (χ0n) is 9.24. The third kappa shape index (κ3) is 3.17. The highest BCUT2D eigenvalue weighted by atomic mass is 79.9. The summed E-state index contributed by atoms with van der Waals surface area (Å²) >= 11 is 9.23. The van der Waals surface area contributed by atoms with Crippen molar-refractivity contribution < 1.29 is 0 Å². The summed E-state index contributed by atoms with van der Waals surface area (Å²) in [4.78, 5) is 8.00. The molecule has 0 amide bonds.